The first-order valence-corrected chi connectivity index (χ1v) is 6.14. The molecule has 1 aliphatic rings. The molecule has 82 valence electrons. The molecule has 1 aliphatic carbocycles. The zero-order chi connectivity index (χ0) is 10.8. The van der Waals surface area contributed by atoms with E-state index in [2.05, 4.69) is 28.2 Å². The fourth-order valence-corrected chi connectivity index (χ4v) is 2.12. The Labute approximate surface area is 98.2 Å². The molecule has 15 heavy (non-hydrogen) atoms. The van der Waals surface area contributed by atoms with Crippen LogP contribution in [0, 0.1) is 11.7 Å². The van der Waals surface area contributed by atoms with Gasteiger partial charge in [-0.3, -0.25) is 0 Å². The lowest BCUT2D eigenvalue weighted by Gasteiger charge is -2.13. The van der Waals surface area contributed by atoms with E-state index in [0.717, 1.165) is 18.0 Å². The molecule has 1 unspecified atom stereocenters. The number of rotatable bonds is 4. The van der Waals surface area contributed by atoms with E-state index in [4.69, 9.17) is 0 Å². The Morgan fingerprint density at radius 1 is 1.53 bits per heavy atom. The lowest BCUT2D eigenvalue weighted by molar-refractivity contribution is 0.494. The van der Waals surface area contributed by atoms with Crippen LogP contribution in [0.15, 0.2) is 22.7 Å². The predicted octanol–water partition coefficient (Wildman–Crippen LogP) is 3.48. The predicted molar refractivity (Wildman–Crippen MR) is 63.1 cm³/mol. The second-order valence-corrected chi connectivity index (χ2v) is 5.01. The summed E-state index contributed by atoms with van der Waals surface area (Å²) in [4.78, 5) is 0. The van der Waals surface area contributed by atoms with Gasteiger partial charge in [-0.05, 0) is 53.2 Å². The number of hydrogen-bond acceptors (Lipinski definition) is 1. The van der Waals surface area contributed by atoms with Crippen molar-refractivity contribution in [3.63, 3.8) is 0 Å². The van der Waals surface area contributed by atoms with Gasteiger partial charge in [0.15, 0.2) is 0 Å². The first kappa shape index (κ1) is 11.1. The Bertz CT molecular complexity index is 349. The van der Waals surface area contributed by atoms with Gasteiger partial charge in [0.05, 0.1) is 4.47 Å². The Kier molecular flexibility index (Phi) is 3.42. The van der Waals surface area contributed by atoms with Gasteiger partial charge in [0.2, 0.25) is 0 Å². The molecule has 1 saturated carbocycles. The monoisotopic (exact) mass is 271 g/mol. The highest BCUT2D eigenvalue weighted by Crippen LogP contribution is 2.32. The highest BCUT2D eigenvalue weighted by molar-refractivity contribution is 9.10. The molecule has 0 amide bonds. The van der Waals surface area contributed by atoms with Crippen molar-refractivity contribution in [2.45, 2.75) is 32.4 Å². The van der Waals surface area contributed by atoms with E-state index in [-0.39, 0.29) is 5.82 Å². The summed E-state index contributed by atoms with van der Waals surface area (Å²) in [6, 6.07) is 5.71. The third kappa shape index (κ3) is 2.79. The minimum absolute atomic E-state index is 0.187. The van der Waals surface area contributed by atoms with Crippen LogP contribution in [-0.2, 0) is 6.54 Å². The highest BCUT2D eigenvalue weighted by Gasteiger charge is 2.27. The second-order valence-electron chi connectivity index (χ2n) is 4.22. The van der Waals surface area contributed by atoms with E-state index >= 15 is 0 Å². The van der Waals surface area contributed by atoms with Crippen molar-refractivity contribution in [2.24, 2.45) is 5.92 Å². The molecule has 1 atom stereocenters. The normalized spacial score (nSPS) is 17.8. The summed E-state index contributed by atoms with van der Waals surface area (Å²) in [5.74, 6) is 0.644. The van der Waals surface area contributed by atoms with Crippen LogP contribution >= 0.6 is 15.9 Å². The molecule has 1 nitrogen and oxygen atoms in total. The van der Waals surface area contributed by atoms with Gasteiger partial charge in [-0.25, -0.2) is 4.39 Å². The summed E-state index contributed by atoms with van der Waals surface area (Å²) in [6.07, 6.45) is 2.66. The molecule has 0 spiro atoms. The van der Waals surface area contributed by atoms with Crippen LogP contribution in [0.2, 0.25) is 0 Å². The minimum atomic E-state index is -0.187. The van der Waals surface area contributed by atoms with Gasteiger partial charge in [-0.15, -0.1) is 0 Å². The Morgan fingerprint density at radius 3 is 2.93 bits per heavy atom. The first-order valence-electron chi connectivity index (χ1n) is 5.34. The Balaban J connectivity index is 1.95. The van der Waals surface area contributed by atoms with E-state index < -0.39 is 0 Å². The smallest absolute Gasteiger partial charge is 0.137 e. The standard InChI is InChI=1S/C12H15BrFN/c1-8(9-5-6-9)15-7-10-3-2-4-11(14)12(10)13/h2-4,8-9,15H,5-7H2,1H3. The summed E-state index contributed by atoms with van der Waals surface area (Å²) in [7, 11) is 0. The minimum Gasteiger partial charge on any atom is -0.310 e. The molecule has 2 rings (SSSR count). The zero-order valence-corrected chi connectivity index (χ0v) is 10.3. The average molecular weight is 272 g/mol. The molecule has 0 aromatic heterocycles. The molecule has 1 aromatic rings. The number of nitrogens with one attached hydrogen (secondary N) is 1. The quantitative estimate of drug-likeness (QED) is 0.884. The van der Waals surface area contributed by atoms with Crippen molar-refractivity contribution in [1.82, 2.24) is 5.32 Å². The maximum Gasteiger partial charge on any atom is 0.137 e. The average Bonchev–Trinajstić information content (AvgIpc) is 3.03. The van der Waals surface area contributed by atoms with Crippen LogP contribution in [0.5, 0.6) is 0 Å². The summed E-state index contributed by atoms with van der Waals surface area (Å²) in [5.41, 5.74) is 0.988. The molecular formula is C12H15BrFN. The molecule has 1 fully saturated rings. The van der Waals surface area contributed by atoms with Gasteiger partial charge in [0.25, 0.3) is 0 Å². The molecule has 0 bridgehead atoms. The van der Waals surface area contributed by atoms with Crippen molar-refractivity contribution in [1.29, 1.82) is 0 Å². The van der Waals surface area contributed by atoms with Crippen molar-refractivity contribution in [3.05, 3.63) is 34.1 Å². The largest absolute Gasteiger partial charge is 0.310 e. The fourth-order valence-electron chi connectivity index (χ4n) is 1.72. The fraction of sp³-hybridized carbons (Fsp3) is 0.500. The van der Waals surface area contributed by atoms with E-state index in [1.165, 1.54) is 18.9 Å². The Morgan fingerprint density at radius 2 is 2.27 bits per heavy atom. The molecule has 0 radical (unpaired) electrons. The summed E-state index contributed by atoms with van der Waals surface area (Å²) < 4.78 is 13.8. The van der Waals surface area contributed by atoms with Crippen molar-refractivity contribution < 1.29 is 4.39 Å². The van der Waals surface area contributed by atoms with Gasteiger partial charge < -0.3 is 5.32 Å². The summed E-state index contributed by atoms with van der Waals surface area (Å²) in [6.45, 7) is 2.93. The van der Waals surface area contributed by atoms with E-state index in [0.29, 0.717) is 10.5 Å². The van der Waals surface area contributed by atoms with Crippen LogP contribution in [0.3, 0.4) is 0 Å². The molecule has 1 N–H and O–H groups in total. The highest BCUT2D eigenvalue weighted by atomic mass is 79.9. The van der Waals surface area contributed by atoms with Crippen molar-refractivity contribution in [3.8, 4) is 0 Å². The molecule has 0 heterocycles. The number of hydrogen-bond donors (Lipinski definition) is 1. The van der Waals surface area contributed by atoms with Gasteiger partial charge in [-0.1, -0.05) is 12.1 Å². The van der Waals surface area contributed by atoms with Crippen LogP contribution in [-0.4, -0.2) is 6.04 Å². The van der Waals surface area contributed by atoms with Gasteiger partial charge in [-0.2, -0.15) is 0 Å². The zero-order valence-electron chi connectivity index (χ0n) is 8.76. The van der Waals surface area contributed by atoms with Gasteiger partial charge >= 0.3 is 0 Å². The van der Waals surface area contributed by atoms with Crippen LogP contribution in [0.1, 0.15) is 25.3 Å². The maximum absolute atomic E-state index is 13.2. The van der Waals surface area contributed by atoms with Crippen molar-refractivity contribution in [2.75, 3.05) is 0 Å². The maximum atomic E-state index is 13.2. The topological polar surface area (TPSA) is 12.0 Å². The van der Waals surface area contributed by atoms with Gasteiger partial charge in [0, 0.05) is 12.6 Å². The van der Waals surface area contributed by atoms with E-state index in [1.54, 1.807) is 6.07 Å². The van der Waals surface area contributed by atoms with Crippen LogP contribution < -0.4 is 5.32 Å². The SMILES string of the molecule is CC(NCc1cccc(F)c1Br)C1CC1. The second kappa shape index (κ2) is 4.62. The third-order valence-electron chi connectivity index (χ3n) is 2.98. The van der Waals surface area contributed by atoms with Crippen LogP contribution in [0.25, 0.3) is 0 Å². The molecule has 0 saturated heterocycles. The summed E-state index contributed by atoms with van der Waals surface area (Å²) >= 11 is 3.27. The molecular weight excluding hydrogens is 257 g/mol. The van der Waals surface area contributed by atoms with E-state index in [1.807, 2.05) is 6.07 Å². The number of benzene rings is 1. The third-order valence-corrected chi connectivity index (χ3v) is 3.86. The summed E-state index contributed by atoms with van der Waals surface area (Å²) in [5, 5.41) is 3.43. The lowest BCUT2D eigenvalue weighted by atomic mass is 10.2. The Hall–Kier alpha value is -0.410. The molecule has 0 aliphatic heterocycles. The molecule has 1 aromatic carbocycles. The van der Waals surface area contributed by atoms with E-state index in [9.17, 15) is 4.39 Å². The number of halogens is 2. The van der Waals surface area contributed by atoms with Crippen LogP contribution in [0.4, 0.5) is 4.39 Å². The van der Waals surface area contributed by atoms with Crippen molar-refractivity contribution >= 4 is 15.9 Å². The first-order chi connectivity index (χ1) is 7.18. The lowest BCUT2D eigenvalue weighted by Crippen LogP contribution is -2.27. The molecule has 3 heteroatoms. The van der Waals surface area contributed by atoms with Gasteiger partial charge in [0.1, 0.15) is 5.82 Å².